The molecule has 2 N–H and O–H groups in total. The van der Waals surface area contributed by atoms with Crippen LogP contribution in [-0.2, 0) is 24.3 Å². The van der Waals surface area contributed by atoms with E-state index in [1.54, 1.807) is 6.92 Å². The van der Waals surface area contributed by atoms with E-state index in [9.17, 15) is 22.8 Å². The van der Waals surface area contributed by atoms with Crippen LogP contribution >= 0.6 is 0 Å². The van der Waals surface area contributed by atoms with Crippen molar-refractivity contribution in [3.8, 4) is 0 Å². The average Bonchev–Trinajstić information content (AvgIpc) is 2.57. The van der Waals surface area contributed by atoms with Crippen LogP contribution in [0.4, 0.5) is 4.79 Å². The number of carbonyl (C=O) groups is 3. The summed E-state index contributed by atoms with van der Waals surface area (Å²) >= 11 is 0. The van der Waals surface area contributed by atoms with Crippen LogP contribution in [0.2, 0.25) is 0 Å². The van der Waals surface area contributed by atoms with Gasteiger partial charge in [-0.15, -0.1) is 6.58 Å². The van der Waals surface area contributed by atoms with Crippen LogP contribution in [0, 0.1) is 5.92 Å². The highest BCUT2D eigenvalue weighted by atomic mass is 32.2. The van der Waals surface area contributed by atoms with Crippen molar-refractivity contribution in [2.75, 3.05) is 32.0 Å². The van der Waals surface area contributed by atoms with Gasteiger partial charge in [0.25, 0.3) is 5.91 Å². The lowest BCUT2D eigenvalue weighted by Crippen LogP contribution is -2.43. The highest BCUT2D eigenvalue weighted by Gasteiger charge is 2.31. The molecule has 0 bridgehead atoms. The zero-order chi connectivity index (χ0) is 18.2. The minimum Gasteiger partial charge on any atom is -0.455 e. The molecule has 24 heavy (non-hydrogen) atoms. The molecule has 0 spiro atoms. The maximum Gasteiger partial charge on any atom is 0.321 e. The molecule has 10 heteroatoms. The first kappa shape index (κ1) is 20.1. The third kappa shape index (κ3) is 6.28. The van der Waals surface area contributed by atoms with Crippen LogP contribution in [0.15, 0.2) is 12.7 Å². The summed E-state index contributed by atoms with van der Waals surface area (Å²) < 4.78 is 29.7. The van der Waals surface area contributed by atoms with E-state index >= 15 is 0 Å². The molecule has 1 aliphatic heterocycles. The summed E-state index contributed by atoms with van der Waals surface area (Å²) in [4.78, 5) is 34.6. The molecule has 0 radical (unpaired) electrons. The Hall–Kier alpha value is -1.94. The molecule has 1 fully saturated rings. The largest absolute Gasteiger partial charge is 0.455 e. The average molecular weight is 361 g/mol. The second kappa shape index (κ2) is 9.38. The van der Waals surface area contributed by atoms with Gasteiger partial charge in [0.15, 0.2) is 6.61 Å². The summed E-state index contributed by atoms with van der Waals surface area (Å²) in [5.74, 6) is -1.73. The number of nitrogens with zero attached hydrogens (tertiary/aromatic N) is 1. The molecule has 1 heterocycles. The highest BCUT2D eigenvalue weighted by molar-refractivity contribution is 7.89. The minimum atomic E-state index is -3.25. The van der Waals surface area contributed by atoms with Crippen LogP contribution in [-0.4, -0.2) is 62.6 Å². The van der Waals surface area contributed by atoms with Crippen molar-refractivity contribution in [3.63, 3.8) is 0 Å². The molecule has 0 atom stereocenters. The number of sulfonamides is 1. The third-order valence-electron chi connectivity index (χ3n) is 3.55. The Morgan fingerprint density at radius 1 is 1.29 bits per heavy atom. The lowest BCUT2D eigenvalue weighted by Gasteiger charge is -2.29. The Morgan fingerprint density at radius 2 is 1.92 bits per heavy atom. The maximum absolute atomic E-state index is 11.9. The van der Waals surface area contributed by atoms with Gasteiger partial charge in [-0.2, -0.15) is 0 Å². The van der Waals surface area contributed by atoms with E-state index in [2.05, 4.69) is 11.9 Å². The number of hydrogen-bond donors (Lipinski definition) is 2. The van der Waals surface area contributed by atoms with Gasteiger partial charge in [-0.25, -0.2) is 17.5 Å². The SMILES string of the molecule is C=CCNC(=O)NC(=O)COC(=O)C1CCN(S(=O)(=O)CC)CC1. The lowest BCUT2D eigenvalue weighted by atomic mass is 9.98. The van der Waals surface area contributed by atoms with Gasteiger partial charge in [0, 0.05) is 19.6 Å². The van der Waals surface area contributed by atoms with Crippen molar-refractivity contribution in [2.24, 2.45) is 5.92 Å². The van der Waals surface area contributed by atoms with E-state index in [4.69, 9.17) is 4.74 Å². The molecular weight excluding hydrogens is 338 g/mol. The Morgan fingerprint density at radius 3 is 2.46 bits per heavy atom. The molecule has 3 amide bonds. The quantitative estimate of drug-likeness (QED) is 0.470. The van der Waals surface area contributed by atoms with E-state index in [0.29, 0.717) is 12.8 Å². The summed E-state index contributed by atoms with van der Waals surface area (Å²) in [5, 5.41) is 4.35. The van der Waals surface area contributed by atoms with E-state index in [0.717, 1.165) is 0 Å². The van der Waals surface area contributed by atoms with E-state index in [-0.39, 0.29) is 25.4 Å². The first-order chi connectivity index (χ1) is 11.3. The van der Waals surface area contributed by atoms with Gasteiger partial charge < -0.3 is 10.1 Å². The molecule has 1 aliphatic rings. The predicted octanol–water partition coefficient (Wildman–Crippen LogP) is -0.397. The summed E-state index contributed by atoms with van der Waals surface area (Å²) in [6, 6.07) is -0.700. The molecule has 1 rings (SSSR count). The van der Waals surface area contributed by atoms with Gasteiger partial charge in [0.2, 0.25) is 10.0 Å². The first-order valence-electron chi connectivity index (χ1n) is 7.63. The van der Waals surface area contributed by atoms with Crippen LogP contribution in [0.3, 0.4) is 0 Å². The number of urea groups is 1. The fourth-order valence-electron chi connectivity index (χ4n) is 2.18. The smallest absolute Gasteiger partial charge is 0.321 e. The lowest BCUT2D eigenvalue weighted by molar-refractivity contribution is -0.153. The number of esters is 1. The topological polar surface area (TPSA) is 122 Å². The van der Waals surface area contributed by atoms with Gasteiger partial charge in [-0.1, -0.05) is 6.08 Å². The third-order valence-corrected chi connectivity index (χ3v) is 5.43. The number of piperidine rings is 1. The van der Waals surface area contributed by atoms with Crippen LogP contribution in [0.1, 0.15) is 19.8 Å². The fraction of sp³-hybridized carbons (Fsp3) is 0.643. The van der Waals surface area contributed by atoms with Crippen molar-refractivity contribution in [3.05, 3.63) is 12.7 Å². The van der Waals surface area contributed by atoms with Gasteiger partial charge in [0.1, 0.15) is 0 Å². The molecule has 0 unspecified atom stereocenters. The van der Waals surface area contributed by atoms with Gasteiger partial charge >= 0.3 is 12.0 Å². The normalized spacial score (nSPS) is 16.2. The molecule has 9 nitrogen and oxygen atoms in total. The minimum absolute atomic E-state index is 0.0240. The zero-order valence-corrected chi connectivity index (χ0v) is 14.4. The van der Waals surface area contributed by atoms with Crippen molar-refractivity contribution < 1.29 is 27.5 Å². The Labute approximate surface area is 141 Å². The second-order valence-electron chi connectivity index (χ2n) is 5.23. The van der Waals surface area contributed by atoms with Crippen molar-refractivity contribution in [1.82, 2.24) is 14.9 Å². The molecule has 1 saturated heterocycles. The number of hydrogen-bond acceptors (Lipinski definition) is 6. The molecule has 0 aliphatic carbocycles. The number of rotatable bonds is 7. The Bertz CT molecular complexity index is 581. The molecular formula is C14H23N3O6S. The number of nitrogens with one attached hydrogen (secondary N) is 2. The highest BCUT2D eigenvalue weighted by Crippen LogP contribution is 2.20. The van der Waals surface area contributed by atoms with Crippen molar-refractivity contribution >= 4 is 27.9 Å². The van der Waals surface area contributed by atoms with Crippen LogP contribution in [0.5, 0.6) is 0 Å². The number of imide groups is 1. The monoisotopic (exact) mass is 361 g/mol. The predicted molar refractivity (Wildman–Crippen MR) is 86.5 cm³/mol. The Balaban J connectivity index is 2.33. The van der Waals surface area contributed by atoms with Crippen molar-refractivity contribution in [1.29, 1.82) is 0 Å². The van der Waals surface area contributed by atoms with Gasteiger partial charge in [0.05, 0.1) is 11.7 Å². The summed E-state index contributed by atoms with van der Waals surface area (Å²) in [6.07, 6.45) is 2.15. The molecule has 0 aromatic heterocycles. The fourth-order valence-corrected chi connectivity index (χ4v) is 3.31. The van der Waals surface area contributed by atoms with Crippen LogP contribution < -0.4 is 10.6 Å². The molecule has 0 aromatic rings. The molecule has 136 valence electrons. The van der Waals surface area contributed by atoms with E-state index in [1.165, 1.54) is 10.4 Å². The van der Waals surface area contributed by atoms with E-state index < -0.39 is 40.5 Å². The molecule has 0 aromatic carbocycles. The standard InChI is InChI=1S/C14H23N3O6S/c1-3-7-15-14(20)16-12(18)10-23-13(19)11-5-8-17(9-6-11)24(21,22)4-2/h3,11H,1,4-10H2,2H3,(H2,15,16,18,20). The first-order valence-corrected chi connectivity index (χ1v) is 9.24. The van der Waals surface area contributed by atoms with Gasteiger partial charge in [-0.3, -0.25) is 14.9 Å². The Kier molecular flexibility index (Phi) is 7.86. The van der Waals surface area contributed by atoms with E-state index in [1.807, 2.05) is 5.32 Å². The summed E-state index contributed by atoms with van der Waals surface area (Å²) in [5.41, 5.74) is 0. The molecule has 0 saturated carbocycles. The van der Waals surface area contributed by atoms with Gasteiger partial charge in [-0.05, 0) is 19.8 Å². The maximum atomic E-state index is 11.9. The van der Waals surface area contributed by atoms with Crippen LogP contribution in [0.25, 0.3) is 0 Å². The second-order valence-corrected chi connectivity index (χ2v) is 7.49. The number of amides is 3. The number of ether oxygens (including phenoxy) is 1. The summed E-state index contributed by atoms with van der Waals surface area (Å²) in [6.45, 7) is 5.14. The summed E-state index contributed by atoms with van der Waals surface area (Å²) in [7, 11) is -3.25. The van der Waals surface area contributed by atoms with Crippen molar-refractivity contribution in [2.45, 2.75) is 19.8 Å². The number of carbonyl (C=O) groups excluding carboxylic acids is 3. The zero-order valence-electron chi connectivity index (χ0n) is 13.6.